The molecule has 1 saturated heterocycles. The van der Waals surface area contributed by atoms with Gasteiger partial charge in [-0.3, -0.25) is 4.79 Å². The molecule has 2 heterocycles. The molecule has 1 aliphatic rings. The molecule has 27 heavy (non-hydrogen) atoms. The number of furan rings is 1. The van der Waals surface area contributed by atoms with Crippen molar-refractivity contribution in [3.63, 3.8) is 0 Å². The Balaban J connectivity index is 1.75. The van der Waals surface area contributed by atoms with E-state index in [1.807, 2.05) is 30.0 Å². The van der Waals surface area contributed by atoms with Gasteiger partial charge in [-0.25, -0.2) is 0 Å². The minimum atomic E-state index is -0.268. The topological polar surface area (TPSA) is 36.7 Å². The van der Waals surface area contributed by atoms with Crippen molar-refractivity contribution in [2.45, 2.75) is 42.5 Å². The molecule has 1 aromatic heterocycles. The van der Waals surface area contributed by atoms with Gasteiger partial charge in [0.25, 0.3) is 0 Å². The van der Waals surface area contributed by atoms with E-state index in [-0.39, 0.29) is 17.2 Å². The van der Waals surface area contributed by atoms with Crippen LogP contribution in [0.25, 0.3) is 0 Å². The van der Waals surface area contributed by atoms with Crippen LogP contribution in [0.4, 0.5) is 0 Å². The van der Waals surface area contributed by atoms with Gasteiger partial charge in [0.05, 0.1) is 23.1 Å². The molecule has 1 aromatic carbocycles. The number of benzene rings is 1. The van der Waals surface area contributed by atoms with Crippen LogP contribution in [-0.4, -0.2) is 47.1 Å². The van der Waals surface area contributed by atoms with Crippen LogP contribution in [0.5, 0.6) is 0 Å². The molecule has 0 radical (unpaired) electrons. The van der Waals surface area contributed by atoms with Crippen molar-refractivity contribution in [1.82, 2.24) is 9.80 Å². The predicted octanol–water partition coefficient (Wildman–Crippen LogP) is 5.19. The van der Waals surface area contributed by atoms with Gasteiger partial charge in [-0.15, -0.1) is 11.8 Å². The summed E-state index contributed by atoms with van der Waals surface area (Å²) in [6.07, 6.45) is 3.59. The fraction of sp³-hybridized carbons (Fsp3) is 0.450. The fourth-order valence-electron chi connectivity index (χ4n) is 3.31. The van der Waals surface area contributed by atoms with Crippen molar-refractivity contribution in [2.24, 2.45) is 0 Å². The van der Waals surface area contributed by atoms with Crippen molar-refractivity contribution < 1.29 is 9.21 Å². The number of nitrogens with zero attached hydrogens (tertiary/aromatic N) is 2. The number of rotatable bonds is 6. The van der Waals surface area contributed by atoms with Gasteiger partial charge >= 0.3 is 0 Å². The van der Waals surface area contributed by atoms with Gasteiger partial charge in [-0.05, 0) is 70.2 Å². The minimum Gasteiger partial charge on any atom is -0.467 e. The maximum Gasteiger partial charge on any atom is 0.236 e. The highest BCUT2D eigenvalue weighted by molar-refractivity contribution is 8.00. The molecule has 1 unspecified atom stereocenters. The highest BCUT2D eigenvalue weighted by Crippen LogP contribution is 2.34. The van der Waals surface area contributed by atoms with E-state index in [2.05, 4.69) is 11.9 Å². The number of carbonyl (C=O) groups is 1. The molecule has 1 amide bonds. The quantitative estimate of drug-likeness (QED) is 0.595. The average Bonchev–Trinajstić information content (AvgIpc) is 3.16. The van der Waals surface area contributed by atoms with Gasteiger partial charge in [0.2, 0.25) is 5.91 Å². The van der Waals surface area contributed by atoms with E-state index in [0.717, 1.165) is 36.6 Å². The van der Waals surface area contributed by atoms with Crippen LogP contribution < -0.4 is 0 Å². The number of hydrogen-bond donors (Lipinski definition) is 0. The van der Waals surface area contributed by atoms with E-state index in [9.17, 15) is 4.79 Å². The Morgan fingerprint density at radius 1 is 1.33 bits per heavy atom. The third kappa shape index (κ3) is 5.44. The third-order valence-electron chi connectivity index (χ3n) is 4.86. The maximum absolute atomic E-state index is 13.3. The molecule has 1 fully saturated rings. The Kier molecular flexibility index (Phi) is 7.15. The Labute approximate surface area is 174 Å². The summed E-state index contributed by atoms with van der Waals surface area (Å²) in [6.45, 7) is 4.41. The van der Waals surface area contributed by atoms with Gasteiger partial charge in [0.15, 0.2) is 0 Å². The number of amides is 1. The first-order valence-corrected chi connectivity index (χ1v) is 10.7. The second kappa shape index (κ2) is 9.37. The molecule has 0 aliphatic carbocycles. The number of likely N-dealkylation sites (tertiary alicyclic amines) is 1. The number of thioether (sulfide) groups is 1. The summed E-state index contributed by atoms with van der Waals surface area (Å²) in [4.78, 5) is 18.4. The van der Waals surface area contributed by atoms with E-state index in [0.29, 0.717) is 16.6 Å². The maximum atomic E-state index is 13.3. The number of halogens is 2. The van der Waals surface area contributed by atoms with Crippen LogP contribution in [0.3, 0.4) is 0 Å². The number of piperidine rings is 1. The predicted molar refractivity (Wildman–Crippen MR) is 112 cm³/mol. The van der Waals surface area contributed by atoms with Crippen molar-refractivity contribution in [1.29, 1.82) is 0 Å². The summed E-state index contributed by atoms with van der Waals surface area (Å²) in [7, 11) is 2.12. The van der Waals surface area contributed by atoms with Crippen molar-refractivity contribution in [2.75, 3.05) is 20.1 Å². The molecule has 0 saturated carbocycles. The fourth-order valence-corrected chi connectivity index (χ4v) is 4.79. The lowest BCUT2D eigenvalue weighted by Crippen LogP contribution is -2.48. The summed E-state index contributed by atoms with van der Waals surface area (Å²) in [5.41, 5.74) is 0. The lowest BCUT2D eigenvalue weighted by molar-refractivity contribution is -0.134. The van der Waals surface area contributed by atoms with Gasteiger partial charge in [0.1, 0.15) is 5.76 Å². The molecule has 0 spiro atoms. The highest BCUT2D eigenvalue weighted by atomic mass is 35.5. The molecular formula is C20H24Cl2N2O2S. The summed E-state index contributed by atoms with van der Waals surface area (Å²) in [6, 6.07) is 9.32. The van der Waals surface area contributed by atoms with Crippen LogP contribution in [0.1, 0.15) is 25.5 Å². The van der Waals surface area contributed by atoms with Gasteiger partial charge in [0, 0.05) is 16.0 Å². The van der Waals surface area contributed by atoms with E-state index < -0.39 is 0 Å². The first-order valence-electron chi connectivity index (χ1n) is 9.07. The minimum absolute atomic E-state index is 0.0991. The standard InChI is InChI=1S/C20H24Cl2N2O2S/c1-14(27-19-12-15(21)5-6-18(19)22)20(25)24(13-17-4-3-11-26-17)16-7-9-23(2)10-8-16/h3-6,11-12,14,16H,7-10,13H2,1-2H3. The third-order valence-corrected chi connectivity index (χ3v) is 6.69. The molecule has 2 aromatic rings. The molecule has 0 N–H and O–H groups in total. The van der Waals surface area contributed by atoms with Gasteiger partial charge in [-0.2, -0.15) is 0 Å². The second-order valence-corrected chi connectivity index (χ2v) is 9.14. The first-order chi connectivity index (χ1) is 12.9. The molecular weight excluding hydrogens is 403 g/mol. The Bertz CT molecular complexity index is 761. The average molecular weight is 427 g/mol. The molecule has 1 atom stereocenters. The van der Waals surface area contributed by atoms with Gasteiger partial charge in [-0.1, -0.05) is 23.2 Å². The number of hydrogen-bond acceptors (Lipinski definition) is 4. The lowest BCUT2D eigenvalue weighted by Gasteiger charge is -2.38. The Hall–Kier alpha value is -1.14. The van der Waals surface area contributed by atoms with E-state index in [1.165, 1.54) is 11.8 Å². The highest BCUT2D eigenvalue weighted by Gasteiger charge is 2.31. The van der Waals surface area contributed by atoms with Crippen LogP contribution >= 0.6 is 35.0 Å². The van der Waals surface area contributed by atoms with Crippen LogP contribution in [-0.2, 0) is 11.3 Å². The van der Waals surface area contributed by atoms with E-state index >= 15 is 0 Å². The largest absolute Gasteiger partial charge is 0.467 e. The summed E-state index contributed by atoms with van der Waals surface area (Å²) in [5.74, 6) is 0.905. The molecule has 3 rings (SSSR count). The van der Waals surface area contributed by atoms with E-state index in [1.54, 1.807) is 18.4 Å². The van der Waals surface area contributed by atoms with Crippen molar-refractivity contribution in [3.8, 4) is 0 Å². The Morgan fingerprint density at radius 3 is 2.74 bits per heavy atom. The molecule has 7 heteroatoms. The Morgan fingerprint density at radius 2 is 2.07 bits per heavy atom. The summed E-state index contributed by atoms with van der Waals surface area (Å²) in [5, 5.41) is 0.959. The molecule has 146 valence electrons. The van der Waals surface area contributed by atoms with Crippen molar-refractivity contribution in [3.05, 3.63) is 52.4 Å². The van der Waals surface area contributed by atoms with Crippen LogP contribution in [0.15, 0.2) is 45.9 Å². The van der Waals surface area contributed by atoms with Gasteiger partial charge < -0.3 is 14.2 Å². The number of carbonyl (C=O) groups excluding carboxylic acids is 1. The molecule has 4 nitrogen and oxygen atoms in total. The zero-order chi connectivity index (χ0) is 19.4. The zero-order valence-corrected chi connectivity index (χ0v) is 17.9. The second-order valence-electron chi connectivity index (χ2n) is 6.91. The molecule has 1 aliphatic heterocycles. The zero-order valence-electron chi connectivity index (χ0n) is 15.5. The first kappa shape index (κ1) is 20.6. The molecule has 0 bridgehead atoms. The lowest BCUT2D eigenvalue weighted by atomic mass is 10.0. The smallest absolute Gasteiger partial charge is 0.236 e. The van der Waals surface area contributed by atoms with E-state index in [4.69, 9.17) is 27.6 Å². The van der Waals surface area contributed by atoms with Crippen LogP contribution in [0.2, 0.25) is 10.0 Å². The summed E-state index contributed by atoms with van der Waals surface area (Å²) < 4.78 is 5.51. The monoisotopic (exact) mass is 426 g/mol. The SMILES string of the molecule is CC(Sc1cc(Cl)ccc1Cl)C(=O)N(Cc1ccco1)C1CCN(C)CC1. The normalized spacial score (nSPS) is 17.0. The van der Waals surface area contributed by atoms with Crippen LogP contribution in [0, 0.1) is 0 Å². The van der Waals surface area contributed by atoms with Crippen molar-refractivity contribution >= 4 is 40.9 Å². The summed E-state index contributed by atoms with van der Waals surface area (Å²) >= 11 is 13.8.